The lowest BCUT2D eigenvalue weighted by atomic mass is 9.99. The van der Waals surface area contributed by atoms with Gasteiger partial charge in [0.15, 0.2) is 0 Å². The average molecular weight is 257 g/mol. The van der Waals surface area contributed by atoms with Crippen LogP contribution in [0.2, 0.25) is 0 Å². The molecule has 1 heterocycles. The highest BCUT2D eigenvalue weighted by molar-refractivity contribution is 7.10. The maximum absolute atomic E-state index is 11.8. The van der Waals surface area contributed by atoms with E-state index in [9.17, 15) is 9.59 Å². The summed E-state index contributed by atoms with van der Waals surface area (Å²) in [5.41, 5.74) is 3.57. The predicted molar refractivity (Wildman–Crippen MR) is 63.7 cm³/mol. The summed E-state index contributed by atoms with van der Waals surface area (Å²) in [5, 5.41) is 10.8. The summed E-state index contributed by atoms with van der Waals surface area (Å²) < 4.78 is 4.89. The van der Waals surface area contributed by atoms with Gasteiger partial charge in [0.25, 0.3) is 0 Å². The van der Waals surface area contributed by atoms with Crippen LogP contribution in [0.4, 0.5) is 0 Å². The van der Waals surface area contributed by atoms with Gasteiger partial charge in [0.1, 0.15) is 0 Å². The summed E-state index contributed by atoms with van der Waals surface area (Å²) in [6, 6.07) is 3.16. The molecule has 0 radical (unpaired) electrons. The fourth-order valence-corrected chi connectivity index (χ4v) is 2.04. The molecule has 94 valence electrons. The van der Waals surface area contributed by atoms with Gasteiger partial charge >= 0.3 is 11.9 Å². The highest BCUT2D eigenvalue weighted by Crippen LogP contribution is 2.25. The highest BCUT2D eigenvalue weighted by Gasteiger charge is 2.46. The summed E-state index contributed by atoms with van der Waals surface area (Å²) in [7, 11) is 0. The van der Waals surface area contributed by atoms with Crippen molar-refractivity contribution in [2.45, 2.75) is 25.3 Å². The van der Waals surface area contributed by atoms with Gasteiger partial charge in [-0.15, -0.1) is 11.3 Å². The lowest BCUT2D eigenvalue weighted by Crippen LogP contribution is -2.52. The maximum Gasteiger partial charge on any atom is 0.343 e. The summed E-state index contributed by atoms with van der Waals surface area (Å²) >= 11 is 1.12. The van der Waals surface area contributed by atoms with E-state index in [2.05, 4.69) is 0 Å². The van der Waals surface area contributed by atoms with Gasteiger partial charge < -0.3 is 15.6 Å². The number of hydrogen-bond donors (Lipinski definition) is 2. The van der Waals surface area contributed by atoms with Crippen molar-refractivity contribution in [3.63, 3.8) is 0 Å². The zero-order chi connectivity index (χ0) is 12.9. The van der Waals surface area contributed by atoms with Crippen LogP contribution in [0.5, 0.6) is 0 Å². The van der Waals surface area contributed by atoms with Gasteiger partial charge in [-0.25, -0.2) is 9.59 Å². The molecule has 0 saturated carbocycles. The number of ether oxygens (including phenoxy) is 1. The van der Waals surface area contributed by atoms with Gasteiger partial charge in [0.05, 0.1) is 6.61 Å². The molecule has 0 fully saturated rings. The Morgan fingerprint density at radius 2 is 2.29 bits per heavy atom. The number of carbonyl (C=O) groups excluding carboxylic acids is 1. The molecule has 0 spiro atoms. The molecule has 1 rings (SSSR count). The first kappa shape index (κ1) is 13.7. The van der Waals surface area contributed by atoms with Crippen molar-refractivity contribution in [3.05, 3.63) is 22.4 Å². The van der Waals surface area contributed by atoms with Gasteiger partial charge in [-0.1, -0.05) is 19.4 Å². The average Bonchev–Trinajstić information content (AvgIpc) is 2.81. The van der Waals surface area contributed by atoms with Crippen LogP contribution >= 0.6 is 11.3 Å². The van der Waals surface area contributed by atoms with Crippen LogP contribution in [-0.2, 0) is 19.9 Å². The zero-order valence-electron chi connectivity index (χ0n) is 9.51. The molecular formula is C11H15NO4S. The molecule has 1 aromatic rings. The molecule has 3 N–H and O–H groups in total. The molecular weight excluding hydrogens is 242 g/mol. The Morgan fingerprint density at radius 3 is 2.76 bits per heavy atom. The molecule has 0 aliphatic heterocycles. The Kier molecular flexibility index (Phi) is 4.65. The Morgan fingerprint density at radius 1 is 1.59 bits per heavy atom. The van der Waals surface area contributed by atoms with E-state index < -0.39 is 17.5 Å². The summed E-state index contributed by atoms with van der Waals surface area (Å²) in [4.78, 5) is 23.2. The molecule has 1 aromatic heterocycles. The maximum atomic E-state index is 11.8. The fraction of sp³-hybridized carbons (Fsp3) is 0.455. The SMILES string of the molecule is CCCCOC(=O)[C@](N)(C(=O)O)c1cccs1. The van der Waals surface area contributed by atoms with Crippen LogP contribution in [0.3, 0.4) is 0 Å². The lowest BCUT2D eigenvalue weighted by Gasteiger charge is -2.21. The van der Waals surface area contributed by atoms with Crippen molar-refractivity contribution in [3.8, 4) is 0 Å². The second kappa shape index (κ2) is 5.79. The van der Waals surface area contributed by atoms with Crippen LogP contribution in [-0.4, -0.2) is 23.7 Å². The van der Waals surface area contributed by atoms with Crippen molar-refractivity contribution in [2.24, 2.45) is 5.73 Å². The van der Waals surface area contributed by atoms with Crippen molar-refractivity contribution in [1.82, 2.24) is 0 Å². The topological polar surface area (TPSA) is 89.6 Å². The van der Waals surface area contributed by atoms with Gasteiger partial charge in [0.2, 0.25) is 5.54 Å². The van der Waals surface area contributed by atoms with E-state index in [-0.39, 0.29) is 11.5 Å². The van der Waals surface area contributed by atoms with Gasteiger partial charge in [-0.05, 0) is 17.9 Å². The van der Waals surface area contributed by atoms with Crippen molar-refractivity contribution in [2.75, 3.05) is 6.61 Å². The minimum absolute atomic E-state index is 0.187. The Balaban J connectivity index is 2.86. The molecule has 6 heteroatoms. The predicted octanol–water partition coefficient (Wildman–Crippen LogP) is 1.33. The van der Waals surface area contributed by atoms with Gasteiger partial charge in [-0.2, -0.15) is 0 Å². The zero-order valence-corrected chi connectivity index (χ0v) is 10.3. The summed E-state index contributed by atoms with van der Waals surface area (Å²) in [6.07, 6.45) is 1.54. The second-order valence-corrected chi connectivity index (χ2v) is 4.53. The number of rotatable bonds is 6. The number of hydrogen-bond acceptors (Lipinski definition) is 5. The van der Waals surface area contributed by atoms with Crippen LogP contribution in [0.15, 0.2) is 17.5 Å². The molecule has 0 bridgehead atoms. The lowest BCUT2D eigenvalue weighted by molar-refractivity contribution is -0.161. The van der Waals surface area contributed by atoms with E-state index in [1.165, 1.54) is 6.07 Å². The molecule has 0 unspecified atom stereocenters. The van der Waals surface area contributed by atoms with Crippen LogP contribution in [0, 0.1) is 0 Å². The first-order valence-electron chi connectivity index (χ1n) is 5.27. The Bertz CT molecular complexity index is 390. The third kappa shape index (κ3) is 2.83. The van der Waals surface area contributed by atoms with E-state index in [4.69, 9.17) is 15.6 Å². The first-order chi connectivity index (χ1) is 8.03. The van der Waals surface area contributed by atoms with Crippen molar-refractivity contribution in [1.29, 1.82) is 0 Å². The third-order valence-electron chi connectivity index (χ3n) is 2.30. The highest BCUT2D eigenvalue weighted by atomic mass is 32.1. The number of esters is 1. The Labute approximate surface area is 103 Å². The van der Waals surface area contributed by atoms with E-state index in [0.29, 0.717) is 6.42 Å². The molecule has 0 saturated heterocycles. The van der Waals surface area contributed by atoms with E-state index >= 15 is 0 Å². The van der Waals surface area contributed by atoms with Crippen LogP contribution in [0.25, 0.3) is 0 Å². The van der Waals surface area contributed by atoms with Gasteiger partial charge in [0, 0.05) is 4.88 Å². The quantitative estimate of drug-likeness (QED) is 0.456. The second-order valence-electron chi connectivity index (χ2n) is 3.58. The number of carboxylic acid groups (broad SMARTS) is 1. The monoisotopic (exact) mass is 257 g/mol. The number of unbranched alkanes of at least 4 members (excludes halogenated alkanes) is 1. The number of nitrogens with two attached hydrogens (primary N) is 1. The van der Waals surface area contributed by atoms with Crippen molar-refractivity contribution >= 4 is 23.3 Å². The minimum Gasteiger partial charge on any atom is -0.479 e. The van der Waals surface area contributed by atoms with Crippen molar-refractivity contribution < 1.29 is 19.4 Å². The minimum atomic E-state index is -2.10. The molecule has 0 aliphatic carbocycles. The molecule has 1 atom stereocenters. The van der Waals surface area contributed by atoms with Crippen LogP contribution in [0.1, 0.15) is 24.6 Å². The molecule has 17 heavy (non-hydrogen) atoms. The van der Waals surface area contributed by atoms with Gasteiger partial charge in [-0.3, -0.25) is 0 Å². The normalized spacial score (nSPS) is 14.0. The smallest absolute Gasteiger partial charge is 0.343 e. The number of carboxylic acids is 1. The standard InChI is InChI=1S/C11H15NO4S/c1-2-3-6-16-10(15)11(12,9(13)14)8-5-4-7-17-8/h4-5,7H,2-3,6,12H2,1H3,(H,13,14)/t11-/m1/s1. The third-order valence-corrected chi connectivity index (χ3v) is 3.31. The number of carbonyl (C=O) groups is 2. The molecule has 0 aliphatic rings. The number of thiophene rings is 1. The number of aliphatic carboxylic acids is 1. The first-order valence-corrected chi connectivity index (χ1v) is 6.15. The van der Waals surface area contributed by atoms with E-state index in [1.807, 2.05) is 6.92 Å². The molecule has 0 amide bonds. The fourth-order valence-electron chi connectivity index (χ4n) is 1.22. The summed E-state index contributed by atoms with van der Waals surface area (Å²) in [5.74, 6) is -2.32. The van der Waals surface area contributed by atoms with E-state index in [0.717, 1.165) is 17.8 Å². The molecule has 5 nitrogen and oxygen atoms in total. The largest absolute Gasteiger partial charge is 0.479 e. The summed E-state index contributed by atoms with van der Waals surface area (Å²) in [6.45, 7) is 2.13. The molecule has 0 aromatic carbocycles. The Hall–Kier alpha value is -1.40. The van der Waals surface area contributed by atoms with E-state index in [1.54, 1.807) is 11.4 Å². The van der Waals surface area contributed by atoms with Crippen LogP contribution < -0.4 is 5.73 Å².